The summed E-state index contributed by atoms with van der Waals surface area (Å²) in [4.78, 5) is 0. The van der Waals surface area contributed by atoms with E-state index >= 15 is 0 Å². The van der Waals surface area contributed by atoms with Gasteiger partial charge in [-0.2, -0.15) is 0 Å². The molecule has 0 N–H and O–H groups in total. The Hall–Kier alpha value is -0.203. The molecule has 118 valence electrons. The molecule has 2 rings (SSSR count). The van der Waals surface area contributed by atoms with Crippen LogP contribution in [0.5, 0.6) is 0 Å². The zero-order chi connectivity index (χ0) is 15.7. The van der Waals surface area contributed by atoms with Crippen LogP contribution in [-0.2, 0) is 20.5 Å². The van der Waals surface area contributed by atoms with Crippen LogP contribution >= 0.6 is 15.9 Å². The van der Waals surface area contributed by atoms with Gasteiger partial charge in [-0.05, 0) is 35.8 Å². The standard InChI is InChI=1S/C16H25BrO3Si/c1-16(2,3)21(4,5)20-11-12-6-7-14(17)13(10-12)15-18-8-9-19-15/h6-7,10,15H,8-9,11H2,1-5H3. The summed E-state index contributed by atoms with van der Waals surface area (Å²) in [6, 6.07) is 6.26. The normalized spacial score (nSPS) is 17.4. The third-order valence-corrected chi connectivity index (χ3v) is 9.54. The van der Waals surface area contributed by atoms with Crippen molar-refractivity contribution in [2.75, 3.05) is 13.2 Å². The number of benzene rings is 1. The van der Waals surface area contributed by atoms with Crippen LogP contribution in [0.4, 0.5) is 0 Å². The molecule has 1 aromatic rings. The van der Waals surface area contributed by atoms with Crippen molar-refractivity contribution < 1.29 is 13.9 Å². The van der Waals surface area contributed by atoms with Gasteiger partial charge in [0.15, 0.2) is 14.6 Å². The van der Waals surface area contributed by atoms with Crippen LogP contribution in [0.1, 0.15) is 38.2 Å². The van der Waals surface area contributed by atoms with E-state index in [4.69, 9.17) is 13.9 Å². The fraction of sp³-hybridized carbons (Fsp3) is 0.625. The van der Waals surface area contributed by atoms with Crippen molar-refractivity contribution in [2.45, 2.75) is 51.8 Å². The Balaban J connectivity index is 2.09. The number of hydrogen-bond donors (Lipinski definition) is 0. The van der Waals surface area contributed by atoms with Crippen molar-refractivity contribution in [1.82, 2.24) is 0 Å². The molecule has 1 aliphatic rings. The molecular weight excluding hydrogens is 348 g/mol. The monoisotopic (exact) mass is 372 g/mol. The molecule has 1 aliphatic heterocycles. The van der Waals surface area contributed by atoms with E-state index in [-0.39, 0.29) is 11.3 Å². The lowest BCUT2D eigenvalue weighted by molar-refractivity contribution is -0.0447. The second-order valence-corrected chi connectivity index (χ2v) is 12.6. The van der Waals surface area contributed by atoms with Crippen LogP contribution in [0, 0.1) is 0 Å². The molecule has 0 bridgehead atoms. The average Bonchev–Trinajstić information content (AvgIpc) is 2.90. The van der Waals surface area contributed by atoms with Crippen LogP contribution in [0.3, 0.4) is 0 Å². The first kappa shape index (κ1) is 17.2. The number of ether oxygens (including phenoxy) is 2. The number of halogens is 1. The van der Waals surface area contributed by atoms with E-state index in [0.29, 0.717) is 19.8 Å². The quantitative estimate of drug-likeness (QED) is 0.694. The van der Waals surface area contributed by atoms with E-state index in [2.05, 4.69) is 61.9 Å². The highest BCUT2D eigenvalue weighted by molar-refractivity contribution is 9.10. The van der Waals surface area contributed by atoms with Crippen molar-refractivity contribution in [3.8, 4) is 0 Å². The van der Waals surface area contributed by atoms with Crippen molar-refractivity contribution >= 4 is 24.2 Å². The molecule has 0 aromatic heterocycles. The molecule has 0 radical (unpaired) electrons. The maximum atomic E-state index is 6.28. The molecule has 21 heavy (non-hydrogen) atoms. The van der Waals surface area contributed by atoms with Crippen LogP contribution in [0.2, 0.25) is 18.1 Å². The van der Waals surface area contributed by atoms with Gasteiger partial charge in [0, 0.05) is 10.0 Å². The van der Waals surface area contributed by atoms with Crippen molar-refractivity contribution in [2.24, 2.45) is 0 Å². The predicted octanol–water partition coefficient (Wildman–Crippen LogP) is 5.02. The molecule has 0 aliphatic carbocycles. The summed E-state index contributed by atoms with van der Waals surface area (Å²) < 4.78 is 18.5. The van der Waals surface area contributed by atoms with E-state index < -0.39 is 8.32 Å². The minimum absolute atomic E-state index is 0.225. The summed E-state index contributed by atoms with van der Waals surface area (Å²) in [5.74, 6) is 0. The number of rotatable bonds is 4. The SMILES string of the molecule is CC(C)(C)[Si](C)(C)OCc1ccc(Br)c(C2OCCO2)c1. The average molecular weight is 373 g/mol. The van der Waals surface area contributed by atoms with Crippen LogP contribution in [-0.4, -0.2) is 21.5 Å². The Morgan fingerprint density at radius 1 is 1.24 bits per heavy atom. The maximum Gasteiger partial charge on any atom is 0.192 e. The largest absolute Gasteiger partial charge is 0.413 e. The zero-order valence-electron chi connectivity index (χ0n) is 13.5. The smallest absolute Gasteiger partial charge is 0.192 e. The lowest BCUT2D eigenvalue weighted by atomic mass is 10.1. The second-order valence-electron chi connectivity index (χ2n) is 6.98. The molecule has 1 saturated heterocycles. The molecule has 0 amide bonds. The van der Waals surface area contributed by atoms with Crippen molar-refractivity contribution in [3.63, 3.8) is 0 Å². The molecule has 1 aromatic carbocycles. The van der Waals surface area contributed by atoms with Gasteiger partial charge in [-0.15, -0.1) is 0 Å². The van der Waals surface area contributed by atoms with Gasteiger partial charge in [0.05, 0.1) is 19.8 Å². The predicted molar refractivity (Wildman–Crippen MR) is 90.8 cm³/mol. The topological polar surface area (TPSA) is 27.7 Å². The Labute approximate surface area is 137 Å². The summed E-state index contributed by atoms with van der Waals surface area (Å²) in [6.45, 7) is 13.3. The molecule has 0 saturated carbocycles. The van der Waals surface area contributed by atoms with Gasteiger partial charge in [-0.25, -0.2) is 0 Å². The Morgan fingerprint density at radius 3 is 2.43 bits per heavy atom. The molecule has 0 spiro atoms. The van der Waals surface area contributed by atoms with Crippen LogP contribution < -0.4 is 0 Å². The van der Waals surface area contributed by atoms with Gasteiger partial charge < -0.3 is 13.9 Å². The third kappa shape index (κ3) is 4.17. The van der Waals surface area contributed by atoms with Gasteiger partial charge in [0.1, 0.15) is 0 Å². The van der Waals surface area contributed by atoms with Crippen LogP contribution in [0.25, 0.3) is 0 Å². The van der Waals surface area contributed by atoms with Crippen molar-refractivity contribution in [1.29, 1.82) is 0 Å². The fourth-order valence-corrected chi connectivity index (χ4v) is 3.28. The van der Waals surface area contributed by atoms with Gasteiger partial charge in [-0.1, -0.05) is 42.8 Å². The number of hydrogen-bond acceptors (Lipinski definition) is 3. The summed E-state index contributed by atoms with van der Waals surface area (Å²) >= 11 is 3.57. The lowest BCUT2D eigenvalue weighted by Gasteiger charge is -2.36. The zero-order valence-corrected chi connectivity index (χ0v) is 16.1. The molecule has 5 heteroatoms. The van der Waals surface area contributed by atoms with E-state index in [1.54, 1.807) is 0 Å². The maximum absolute atomic E-state index is 6.28. The summed E-state index contributed by atoms with van der Waals surface area (Å²) in [5.41, 5.74) is 2.21. The highest BCUT2D eigenvalue weighted by Crippen LogP contribution is 2.37. The highest BCUT2D eigenvalue weighted by atomic mass is 79.9. The fourth-order valence-electron chi connectivity index (χ4n) is 1.88. The first-order valence-corrected chi connectivity index (χ1v) is 11.1. The molecule has 3 nitrogen and oxygen atoms in total. The van der Waals surface area contributed by atoms with E-state index in [1.165, 1.54) is 0 Å². The Kier molecular flexibility index (Phi) is 5.31. The van der Waals surface area contributed by atoms with Crippen LogP contribution in [0.15, 0.2) is 22.7 Å². The molecule has 1 heterocycles. The van der Waals surface area contributed by atoms with E-state index in [1.807, 2.05) is 6.07 Å². The first-order valence-electron chi connectivity index (χ1n) is 7.36. The third-order valence-electron chi connectivity index (χ3n) is 4.34. The lowest BCUT2D eigenvalue weighted by Crippen LogP contribution is -2.40. The summed E-state index contributed by atoms with van der Waals surface area (Å²) in [5, 5.41) is 0.225. The van der Waals surface area contributed by atoms with Gasteiger partial charge in [0.2, 0.25) is 0 Å². The van der Waals surface area contributed by atoms with Gasteiger partial charge in [-0.3, -0.25) is 0 Å². The Morgan fingerprint density at radius 2 is 1.86 bits per heavy atom. The summed E-state index contributed by atoms with van der Waals surface area (Å²) in [7, 11) is -1.72. The van der Waals surface area contributed by atoms with E-state index in [9.17, 15) is 0 Å². The Bertz CT molecular complexity index is 491. The minimum Gasteiger partial charge on any atom is -0.413 e. The highest BCUT2D eigenvalue weighted by Gasteiger charge is 2.37. The van der Waals surface area contributed by atoms with Gasteiger partial charge in [0.25, 0.3) is 0 Å². The molecule has 0 unspecified atom stereocenters. The second kappa shape index (κ2) is 6.50. The molecule has 1 fully saturated rings. The van der Waals surface area contributed by atoms with Crippen molar-refractivity contribution in [3.05, 3.63) is 33.8 Å². The molecular formula is C16H25BrO3Si. The molecule has 0 atom stereocenters. The first-order chi connectivity index (χ1) is 9.71. The van der Waals surface area contributed by atoms with E-state index in [0.717, 1.165) is 15.6 Å². The summed E-state index contributed by atoms with van der Waals surface area (Å²) in [6.07, 6.45) is -0.257. The minimum atomic E-state index is -1.72. The van der Waals surface area contributed by atoms with Gasteiger partial charge >= 0.3 is 0 Å².